The predicted octanol–water partition coefficient (Wildman–Crippen LogP) is 6.17. The first-order valence-electron chi connectivity index (χ1n) is 24.3. The van der Waals surface area contributed by atoms with E-state index in [2.05, 4.69) is 17.6 Å². The van der Waals surface area contributed by atoms with E-state index in [1.165, 1.54) is 127 Å². The average Bonchev–Trinajstić information content (AvgIpc) is 3.30. The van der Waals surface area contributed by atoms with E-state index in [1.54, 1.807) is 0 Å². The molecule has 0 unspecified atom stereocenters. The first-order valence-corrected chi connectivity index (χ1v) is 24.3. The lowest BCUT2D eigenvalue weighted by atomic mass is 9.89. The molecular weight excluding hydrogens is 873 g/mol. The molecule has 1 heterocycles. The fraction of sp³-hybridized carbons (Fsp3) is 0.596. The quantitative estimate of drug-likeness (QED) is 0.0384. The predicted molar refractivity (Wildman–Crippen MR) is 256 cm³/mol. The van der Waals surface area contributed by atoms with Crippen molar-refractivity contribution < 1.29 is 58.5 Å². The second-order valence-corrected chi connectivity index (χ2v) is 18.4. The number of nitrogens with one attached hydrogen (secondary N) is 2. The smallest absolute Gasteiger partial charge is 0.245 e. The Kier molecular flexibility index (Phi) is 23.7. The van der Waals surface area contributed by atoms with Gasteiger partial charge in [0, 0.05) is 63.7 Å². The Morgan fingerprint density at radius 3 is 1.88 bits per heavy atom. The Hall–Kier alpha value is -5.77. The summed E-state index contributed by atoms with van der Waals surface area (Å²) in [5, 5.41) is 37.2. The van der Waals surface area contributed by atoms with Gasteiger partial charge in [0.1, 0.15) is 23.6 Å². The van der Waals surface area contributed by atoms with Crippen LogP contribution in [0.1, 0.15) is 160 Å². The summed E-state index contributed by atoms with van der Waals surface area (Å²) in [5.74, 6) is -7.69. The second kappa shape index (κ2) is 28.5. The van der Waals surface area contributed by atoms with Gasteiger partial charge in [-0.2, -0.15) is 0 Å². The Balaban J connectivity index is 1.65. The summed E-state index contributed by atoms with van der Waals surface area (Å²) in [5.41, 5.74) is 0.819. The van der Waals surface area contributed by atoms with Crippen molar-refractivity contribution in [3.63, 3.8) is 0 Å². The number of hydrogen-bond acceptors (Lipinski definition) is 12. The van der Waals surface area contributed by atoms with Gasteiger partial charge >= 0.3 is 0 Å². The van der Waals surface area contributed by atoms with Gasteiger partial charge in [0.2, 0.25) is 29.4 Å². The molecule has 16 nitrogen and oxygen atoms in total. The number of unbranched alkanes of at least 4 members (excludes halogenated alkanes) is 12. The Labute approximate surface area is 401 Å². The van der Waals surface area contributed by atoms with Crippen LogP contribution in [0.15, 0.2) is 36.4 Å². The van der Waals surface area contributed by atoms with E-state index in [4.69, 9.17) is 0 Å². The van der Waals surface area contributed by atoms with E-state index in [0.29, 0.717) is 12.0 Å². The van der Waals surface area contributed by atoms with Gasteiger partial charge in [-0.15, -0.1) is 0 Å². The van der Waals surface area contributed by atoms with E-state index in [0.717, 1.165) is 31.1 Å². The first kappa shape index (κ1) is 56.6. The van der Waals surface area contributed by atoms with Crippen LogP contribution in [0.2, 0.25) is 0 Å². The van der Waals surface area contributed by atoms with Gasteiger partial charge in [-0.1, -0.05) is 103 Å². The summed E-state index contributed by atoms with van der Waals surface area (Å²) in [6.45, 7) is 5.45. The molecule has 374 valence electrons. The highest BCUT2D eigenvalue weighted by atomic mass is 16.3. The van der Waals surface area contributed by atoms with Crippen molar-refractivity contribution in [2.75, 3.05) is 20.7 Å². The summed E-state index contributed by atoms with van der Waals surface area (Å²) < 4.78 is 0. The Morgan fingerprint density at radius 2 is 1.31 bits per heavy atom. The zero-order valence-electron chi connectivity index (χ0n) is 40.9. The van der Waals surface area contributed by atoms with Crippen LogP contribution in [0.4, 0.5) is 0 Å². The monoisotopic (exact) mass is 947 g/mol. The number of carbonyl (C=O) groups excluding carboxylic acids is 9. The molecule has 3 rings (SSSR count). The number of phenolic OH excluding ortho intramolecular Hbond substituents is 2. The minimum atomic E-state index is -1.36. The molecule has 2 aromatic rings. The summed E-state index contributed by atoms with van der Waals surface area (Å²) in [6, 6.07) is 3.41. The number of aliphatic hydroxyl groups is 1. The van der Waals surface area contributed by atoms with Gasteiger partial charge in [-0.3, -0.25) is 43.2 Å². The SMILES string of the molecule is CCCCCCCCCCCCCCCC(=O)N(C)[C@H](CO)C(=O)N[C@H](C)C(=O)CCC(=O)N(C)[C@@H]1C(=O)C[C@@H](C)C(=O)N[C@H](C(=O)CC(=O)C(C)=O)Cc2ccc(O)c(c2)-c2cc1ccc2O. The number of ketones is 5. The van der Waals surface area contributed by atoms with Crippen molar-refractivity contribution in [1.82, 2.24) is 20.4 Å². The summed E-state index contributed by atoms with van der Waals surface area (Å²) in [6.07, 6.45) is 13.2. The third-order valence-corrected chi connectivity index (χ3v) is 12.9. The standard InChI is InChI=1S/C52H74N4O12/c1-7-8-9-10-11-12-13-14-15-16-17-18-19-20-48(65)55(5)41(32-57)52(68)53-34(3)42(59)25-26-49(66)56(6)50-37-22-24-44(61)39(30-37)38-28-36(21-23-43(38)60)29-40(46(63)31-45(62)35(4)58)54-51(67)33(2)27-47(50)64/h21-24,28,30,33-34,40-41,50,57,60-61H,7-20,25-27,29,31-32H2,1-6H3,(H,53,68)(H,54,67)/t33-,34-,40+,41-,50+/m1/s1. The third-order valence-electron chi connectivity index (χ3n) is 12.9. The Morgan fingerprint density at radius 1 is 0.750 bits per heavy atom. The number of carbonyl (C=O) groups is 9. The van der Waals surface area contributed by atoms with Crippen LogP contribution in [0.3, 0.4) is 0 Å². The van der Waals surface area contributed by atoms with Crippen LogP contribution in [0.5, 0.6) is 11.5 Å². The normalized spacial score (nSPS) is 17.0. The van der Waals surface area contributed by atoms with Gasteiger partial charge in [0.15, 0.2) is 23.1 Å². The van der Waals surface area contributed by atoms with Crippen molar-refractivity contribution >= 4 is 52.5 Å². The molecule has 1 aliphatic rings. The number of nitrogens with zero attached hydrogens (tertiary/aromatic N) is 2. The largest absolute Gasteiger partial charge is 0.507 e. The van der Waals surface area contributed by atoms with Crippen molar-refractivity contribution in [2.24, 2.45) is 5.92 Å². The highest BCUT2D eigenvalue weighted by molar-refractivity contribution is 6.39. The molecule has 68 heavy (non-hydrogen) atoms. The van der Waals surface area contributed by atoms with E-state index in [9.17, 15) is 58.5 Å². The van der Waals surface area contributed by atoms with Crippen LogP contribution in [-0.4, -0.2) is 116 Å². The molecular formula is C52H74N4O12. The zero-order chi connectivity index (χ0) is 50.5. The molecule has 5 N–H and O–H groups in total. The minimum absolute atomic E-state index is 0.0807. The first-order chi connectivity index (χ1) is 32.3. The van der Waals surface area contributed by atoms with E-state index >= 15 is 0 Å². The zero-order valence-corrected chi connectivity index (χ0v) is 40.9. The lowest BCUT2D eigenvalue weighted by molar-refractivity contribution is -0.142. The number of likely N-dealkylation sites (N-methyl/N-ethyl adjacent to an activating group) is 2. The van der Waals surface area contributed by atoms with Gasteiger partial charge in [-0.05, 0) is 55.2 Å². The van der Waals surface area contributed by atoms with Crippen molar-refractivity contribution in [3.8, 4) is 22.6 Å². The number of rotatable bonds is 27. The van der Waals surface area contributed by atoms with Gasteiger partial charge in [0.25, 0.3) is 0 Å². The van der Waals surface area contributed by atoms with Gasteiger partial charge in [0.05, 0.1) is 25.1 Å². The molecule has 0 radical (unpaired) electrons. The number of aromatic hydroxyl groups is 2. The minimum Gasteiger partial charge on any atom is -0.507 e. The van der Waals surface area contributed by atoms with Crippen LogP contribution >= 0.6 is 0 Å². The lowest BCUT2D eigenvalue weighted by Gasteiger charge is -2.30. The summed E-state index contributed by atoms with van der Waals surface area (Å²) in [7, 11) is 2.78. The maximum atomic E-state index is 14.2. The molecule has 1 aliphatic heterocycles. The maximum Gasteiger partial charge on any atom is 0.245 e. The third kappa shape index (κ3) is 17.4. The van der Waals surface area contributed by atoms with Crippen molar-refractivity contribution in [1.29, 1.82) is 0 Å². The summed E-state index contributed by atoms with van der Waals surface area (Å²) in [4.78, 5) is 121. The number of hydrogen-bond donors (Lipinski definition) is 5. The van der Waals surface area contributed by atoms with E-state index in [-0.39, 0.29) is 53.4 Å². The van der Waals surface area contributed by atoms with E-state index < -0.39 is 103 Å². The highest BCUT2D eigenvalue weighted by Crippen LogP contribution is 2.39. The number of Topliss-reactive ketones (excluding diaryl/α,β-unsaturated/α-hetero) is 5. The summed E-state index contributed by atoms with van der Waals surface area (Å²) >= 11 is 0. The highest BCUT2D eigenvalue weighted by Gasteiger charge is 2.35. The van der Waals surface area contributed by atoms with Crippen LogP contribution in [0, 0.1) is 5.92 Å². The Bertz CT molecular complexity index is 2100. The maximum absolute atomic E-state index is 14.2. The molecule has 0 saturated carbocycles. The molecule has 2 aromatic carbocycles. The molecule has 4 amide bonds. The molecule has 0 spiro atoms. The van der Waals surface area contributed by atoms with Crippen LogP contribution in [0.25, 0.3) is 11.1 Å². The van der Waals surface area contributed by atoms with Gasteiger partial charge < -0.3 is 35.8 Å². The number of aliphatic hydroxyl groups excluding tert-OH is 1. The fourth-order valence-corrected chi connectivity index (χ4v) is 8.38. The lowest BCUT2D eigenvalue weighted by Crippen LogP contribution is -2.53. The number of phenols is 2. The fourth-order valence-electron chi connectivity index (χ4n) is 8.38. The molecule has 16 heteroatoms. The molecule has 0 fully saturated rings. The van der Waals surface area contributed by atoms with E-state index in [1.807, 2.05) is 0 Å². The molecule has 4 bridgehead atoms. The van der Waals surface area contributed by atoms with Crippen molar-refractivity contribution in [2.45, 2.75) is 174 Å². The number of amides is 4. The van der Waals surface area contributed by atoms with Crippen LogP contribution < -0.4 is 10.6 Å². The average molecular weight is 947 g/mol. The van der Waals surface area contributed by atoms with Gasteiger partial charge in [-0.25, -0.2) is 0 Å². The second-order valence-electron chi connectivity index (χ2n) is 18.4. The van der Waals surface area contributed by atoms with Crippen molar-refractivity contribution in [3.05, 3.63) is 47.5 Å². The molecule has 0 aliphatic carbocycles. The molecule has 0 aromatic heterocycles. The number of benzene rings is 2. The topological polar surface area (TPSA) is 245 Å². The van der Waals surface area contributed by atoms with Crippen LogP contribution in [-0.2, 0) is 49.6 Å². The number of fused-ring (bicyclic) bond motifs is 5. The molecule has 5 atom stereocenters. The molecule has 0 saturated heterocycles.